The van der Waals surface area contributed by atoms with E-state index in [0.717, 1.165) is 25.2 Å². The summed E-state index contributed by atoms with van der Waals surface area (Å²) < 4.78 is 0. The molecule has 1 N–H and O–H groups in total. The fraction of sp³-hybridized carbons (Fsp3) is 0.583. The number of aromatic nitrogens is 1. The molecule has 1 fully saturated rings. The third-order valence-electron chi connectivity index (χ3n) is 3.18. The number of rotatable bonds is 3. The van der Waals surface area contributed by atoms with Crippen molar-refractivity contribution in [2.24, 2.45) is 0 Å². The lowest BCUT2D eigenvalue weighted by molar-refractivity contribution is 0.152. The van der Waals surface area contributed by atoms with Gasteiger partial charge in [0.1, 0.15) is 0 Å². The third kappa shape index (κ3) is 2.36. The van der Waals surface area contributed by atoms with Gasteiger partial charge >= 0.3 is 0 Å². The van der Waals surface area contributed by atoms with Crippen molar-refractivity contribution < 1.29 is 5.11 Å². The molecule has 0 bridgehead atoms. The van der Waals surface area contributed by atoms with Crippen LogP contribution in [-0.2, 0) is 6.54 Å². The Bertz CT molecular complexity index is 327. The number of aryl methyl sites for hydroxylation is 1. The van der Waals surface area contributed by atoms with Crippen molar-refractivity contribution in [2.45, 2.75) is 32.4 Å². The van der Waals surface area contributed by atoms with Gasteiger partial charge in [-0.05, 0) is 37.9 Å². The van der Waals surface area contributed by atoms with Crippen LogP contribution in [0.15, 0.2) is 18.3 Å². The number of aliphatic hydroxyl groups is 1. The molecule has 82 valence electrons. The number of hydrogen-bond acceptors (Lipinski definition) is 3. The van der Waals surface area contributed by atoms with Crippen molar-refractivity contribution in [1.29, 1.82) is 0 Å². The highest BCUT2D eigenvalue weighted by Gasteiger charge is 2.24. The van der Waals surface area contributed by atoms with Gasteiger partial charge in [0.05, 0.1) is 12.3 Å². The maximum Gasteiger partial charge on any atom is 0.0587 e. The van der Waals surface area contributed by atoms with Crippen molar-refractivity contribution in [3.63, 3.8) is 0 Å². The van der Waals surface area contributed by atoms with Crippen LogP contribution < -0.4 is 0 Å². The van der Waals surface area contributed by atoms with Gasteiger partial charge in [0.15, 0.2) is 0 Å². The maximum atomic E-state index is 9.22. The van der Waals surface area contributed by atoms with Gasteiger partial charge < -0.3 is 5.11 Å². The first kappa shape index (κ1) is 10.6. The largest absolute Gasteiger partial charge is 0.395 e. The van der Waals surface area contributed by atoms with Crippen LogP contribution in [0.1, 0.15) is 24.1 Å². The summed E-state index contributed by atoms with van der Waals surface area (Å²) in [6.45, 7) is 4.32. The highest BCUT2D eigenvalue weighted by molar-refractivity contribution is 5.17. The lowest BCUT2D eigenvalue weighted by atomic mass is 10.2. The molecule has 1 saturated heterocycles. The normalized spacial score (nSPS) is 22.1. The van der Waals surface area contributed by atoms with Crippen LogP contribution in [0.4, 0.5) is 0 Å². The lowest BCUT2D eigenvalue weighted by Crippen LogP contribution is -2.32. The number of hydrogen-bond donors (Lipinski definition) is 1. The fourth-order valence-electron chi connectivity index (χ4n) is 2.19. The Morgan fingerprint density at radius 3 is 3.20 bits per heavy atom. The second-order valence-electron chi connectivity index (χ2n) is 4.22. The summed E-state index contributed by atoms with van der Waals surface area (Å²) in [5.74, 6) is 0. The van der Waals surface area contributed by atoms with Crippen LogP contribution in [0.2, 0.25) is 0 Å². The minimum atomic E-state index is 0.270. The third-order valence-corrected chi connectivity index (χ3v) is 3.18. The van der Waals surface area contributed by atoms with E-state index in [1.807, 2.05) is 12.3 Å². The zero-order valence-corrected chi connectivity index (χ0v) is 9.19. The molecular formula is C12H18N2O. The number of nitrogens with zero attached hydrogens (tertiary/aromatic N) is 2. The van der Waals surface area contributed by atoms with E-state index in [1.165, 1.54) is 12.0 Å². The molecule has 15 heavy (non-hydrogen) atoms. The molecule has 3 nitrogen and oxygen atoms in total. The van der Waals surface area contributed by atoms with Crippen LogP contribution >= 0.6 is 0 Å². The summed E-state index contributed by atoms with van der Waals surface area (Å²) >= 11 is 0. The lowest BCUT2D eigenvalue weighted by Gasteiger charge is -2.22. The monoisotopic (exact) mass is 206 g/mol. The van der Waals surface area contributed by atoms with Crippen LogP contribution in [0.3, 0.4) is 0 Å². The SMILES string of the molecule is Cc1cccnc1CN1CCCC1CO. The molecule has 1 aliphatic heterocycles. The van der Waals surface area contributed by atoms with E-state index in [4.69, 9.17) is 0 Å². The van der Waals surface area contributed by atoms with Crippen LogP contribution in [0, 0.1) is 6.92 Å². The van der Waals surface area contributed by atoms with Crippen LogP contribution in [-0.4, -0.2) is 34.2 Å². The van der Waals surface area contributed by atoms with Gasteiger partial charge in [-0.1, -0.05) is 6.07 Å². The topological polar surface area (TPSA) is 36.4 Å². The zero-order chi connectivity index (χ0) is 10.7. The van der Waals surface area contributed by atoms with Crippen molar-refractivity contribution in [1.82, 2.24) is 9.88 Å². The van der Waals surface area contributed by atoms with Gasteiger partial charge in [-0.3, -0.25) is 9.88 Å². The molecule has 0 spiro atoms. The minimum Gasteiger partial charge on any atom is -0.395 e. The summed E-state index contributed by atoms with van der Waals surface area (Å²) in [5.41, 5.74) is 2.37. The van der Waals surface area contributed by atoms with Gasteiger partial charge in [0.2, 0.25) is 0 Å². The first-order chi connectivity index (χ1) is 7.31. The van der Waals surface area contributed by atoms with Crippen LogP contribution in [0.5, 0.6) is 0 Å². The number of pyridine rings is 1. The van der Waals surface area contributed by atoms with E-state index in [1.54, 1.807) is 0 Å². The summed E-state index contributed by atoms with van der Waals surface area (Å²) in [6.07, 6.45) is 4.14. The highest BCUT2D eigenvalue weighted by atomic mass is 16.3. The second kappa shape index (κ2) is 4.73. The number of likely N-dealkylation sites (tertiary alicyclic amines) is 1. The molecule has 1 unspecified atom stereocenters. The van der Waals surface area contributed by atoms with Gasteiger partial charge in [-0.25, -0.2) is 0 Å². The molecule has 3 heteroatoms. The molecule has 0 amide bonds. The Morgan fingerprint density at radius 1 is 1.60 bits per heavy atom. The standard InChI is InChI=1S/C12H18N2O/c1-10-4-2-6-13-12(10)8-14-7-3-5-11(14)9-15/h2,4,6,11,15H,3,5,7-9H2,1H3. The summed E-state index contributed by atoms with van der Waals surface area (Å²) in [5, 5.41) is 9.22. The zero-order valence-electron chi connectivity index (χ0n) is 9.19. The van der Waals surface area contributed by atoms with Crippen molar-refractivity contribution in [3.05, 3.63) is 29.6 Å². The van der Waals surface area contributed by atoms with Crippen molar-refractivity contribution in [2.75, 3.05) is 13.2 Å². The Balaban J connectivity index is 2.05. The van der Waals surface area contributed by atoms with Gasteiger partial charge in [0.25, 0.3) is 0 Å². The molecule has 0 saturated carbocycles. The van der Waals surface area contributed by atoms with Crippen molar-refractivity contribution in [3.8, 4) is 0 Å². The quantitative estimate of drug-likeness (QED) is 0.811. The van der Waals surface area contributed by atoms with E-state index in [-0.39, 0.29) is 6.61 Å². The Hall–Kier alpha value is -0.930. The molecule has 1 atom stereocenters. The molecule has 0 radical (unpaired) electrons. The predicted octanol–water partition coefficient (Wildman–Crippen LogP) is 1.35. The molecule has 1 aliphatic rings. The van der Waals surface area contributed by atoms with E-state index in [2.05, 4.69) is 22.9 Å². The van der Waals surface area contributed by atoms with Gasteiger partial charge in [-0.15, -0.1) is 0 Å². The molecule has 2 heterocycles. The minimum absolute atomic E-state index is 0.270. The van der Waals surface area contributed by atoms with E-state index in [0.29, 0.717) is 6.04 Å². The Labute approximate surface area is 90.8 Å². The van der Waals surface area contributed by atoms with Crippen LogP contribution in [0.25, 0.3) is 0 Å². The van der Waals surface area contributed by atoms with Gasteiger partial charge in [-0.2, -0.15) is 0 Å². The molecule has 1 aromatic rings. The first-order valence-corrected chi connectivity index (χ1v) is 5.56. The smallest absolute Gasteiger partial charge is 0.0587 e. The van der Waals surface area contributed by atoms with E-state index < -0.39 is 0 Å². The molecule has 0 aromatic carbocycles. The van der Waals surface area contributed by atoms with Gasteiger partial charge in [0, 0.05) is 18.8 Å². The number of aliphatic hydroxyl groups excluding tert-OH is 1. The first-order valence-electron chi connectivity index (χ1n) is 5.56. The Morgan fingerprint density at radius 2 is 2.47 bits per heavy atom. The van der Waals surface area contributed by atoms with E-state index in [9.17, 15) is 5.11 Å². The molecule has 1 aromatic heterocycles. The molecular weight excluding hydrogens is 188 g/mol. The fourth-order valence-corrected chi connectivity index (χ4v) is 2.19. The second-order valence-corrected chi connectivity index (χ2v) is 4.22. The summed E-state index contributed by atoms with van der Waals surface area (Å²) in [4.78, 5) is 6.72. The average Bonchev–Trinajstić information content (AvgIpc) is 2.69. The Kier molecular flexibility index (Phi) is 3.34. The molecule has 2 rings (SSSR count). The maximum absolute atomic E-state index is 9.22. The van der Waals surface area contributed by atoms with Crippen molar-refractivity contribution >= 4 is 0 Å². The average molecular weight is 206 g/mol. The summed E-state index contributed by atoms with van der Waals surface area (Å²) in [6, 6.07) is 4.39. The highest BCUT2D eigenvalue weighted by Crippen LogP contribution is 2.19. The predicted molar refractivity (Wildman–Crippen MR) is 59.5 cm³/mol. The molecule has 0 aliphatic carbocycles. The van der Waals surface area contributed by atoms with E-state index >= 15 is 0 Å². The summed E-state index contributed by atoms with van der Waals surface area (Å²) in [7, 11) is 0.